The summed E-state index contributed by atoms with van der Waals surface area (Å²) in [5.74, 6) is 0.387. The molecule has 2 heterocycles. The Balaban J connectivity index is 1.60. The van der Waals surface area contributed by atoms with Gasteiger partial charge in [-0.05, 0) is 5.56 Å². The van der Waals surface area contributed by atoms with Gasteiger partial charge in [-0.2, -0.15) is 5.10 Å². The molecule has 0 saturated carbocycles. The molecule has 19 heavy (non-hydrogen) atoms. The van der Waals surface area contributed by atoms with Crippen molar-refractivity contribution in [2.45, 2.75) is 11.3 Å². The summed E-state index contributed by atoms with van der Waals surface area (Å²) in [6, 6.07) is 9.64. The van der Waals surface area contributed by atoms with Crippen LogP contribution in [0.15, 0.2) is 40.4 Å². The first-order valence-corrected chi connectivity index (χ1v) is 8.61. The van der Waals surface area contributed by atoms with Crippen LogP contribution < -0.4 is 5.43 Å². The Morgan fingerprint density at radius 1 is 1.32 bits per heavy atom. The first-order chi connectivity index (χ1) is 9.12. The Kier molecular flexibility index (Phi) is 3.32. The van der Waals surface area contributed by atoms with Gasteiger partial charge in [-0.3, -0.25) is 10.4 Å². The zero-order chi connectivity index (χ0) is 13.3. The van der Waals surface area contributed by atoms with E-state index in [0.717, 1.165) is 5.56 Å². The molecule has 1 aromatic carbocycles. The van der Waals surface area contributed by atoms with Crippen molar-refractivity contribution in [3.05, 3.63) is 35.9 Å². The van der Waals surface area contributed by atoms with Crippen molar-refractivity contribution in [2.24, 2.45) is 10.1 Å². The SMILES string of the molecule is O=S1(=O)C[C@@H]2N=C(N/N=C/c3ccccc3)S[C@@H]2C1. The van der Waals surface area contributed by atoms with Gasteiger partial charge in [-0.15, -0.1) is 0 Å². The average Bonchev–Trinajstić information content (AvgIpc) is 2.83. The number of sulfone groups is 1. The van der Waals surface area contributed by atoms with Crippen LogP contribution in [-0.4, -0.2) is 42.6 Å². The van der Waals surface area contributed by atoms with Crippen LogP contribution in [0.5, 0.6) is 0 Å². The van der Waals surface area contributed by atoms with E-state index < -0.39 is 9.84 Å². The zero-order valence-electron chi connectivity index (χ0n) is 10.1. The minimum Gasteiger partial charge on any atom is -0.256 e. The average molecular weight is 295 g/mol. The molecule has 0 spiro atoms. The van der Waals surface area contributed by atoms with E-state index in [2.05, 4.69) is 15.5 Å². The number of fused-ring (bicyclic) bond motifs is 1. The summed E-state index contributed by atoms with van der Waals surface area (Å²) in [5, 5.41) is 4.87. The highest BCUT2D eigenvalue weighted by atomic mass is 32.2. The summed E-state index contributed by atoms with van der Waals surface area (Å²) >= 11 is 1.46. The summed E-state index contributed by atoms with van der Waals surface area (Å²) in [6.07, 6.45) is 1.72. The molecule has 1 N–H and O–H groups in total. The molecule has 0 aromatic heterocycles. The predicted octanol–water partition coefficient (Wildman–Crippen LogP) is 0.878. The number of benzene rings is 1. The number of hydrogen-bond acceptors (Lipinski definition) is 6. The van der Waals surface area contributed by atoms with Gasteiger partial charge in [0.05, 0.1) is 23.8 Å². The van der Waals surface area contributed by atoms with Crippen LogP contribution in [0.2, 0.25) is 0 Å². The topological polar surface area (TPSA) is 70.9 Å². The molecule has 1 fully saturated rings. The molecule has 2 aliphatic rings. The van der Waals surface area contributed by atoms with Crippen molar-refractivity contribution in [3.8, 4) is 0 Å². The van der Waals surface area contributed by atoms with Crippen molar-refractivity contribution < 1.29 is 8.42 Å². The van der Waals surface area contributed by atoms with E-state index in [1.54, 1.807) is 6.21 Å². The van der Waals surface area contributed by atoms with Crippen molar-refractivity contribution in [1.82, 2.24) is 5.43 Å². The fourth-order valence-corrected chi connectivity index (χ4v) is 5.72. The van der Waals surface area contributed by atoms with Crippen LogP contribution in [-0.2, 0) is 9.84 Å². The van der Waals surface area contributed by atoms with Crippen LogP contribution in [0.3, 0.4) is 0 Å². The molecule has 2 aliphatic heterocycles. The van der Waals surface area contributed by atoms with Gasteiger partial charge in [0, 0.05) is 5.25 Å². The maximum absolute atomic E-state index is 11.4. The second-order valence-electron chi connectivity index (χ2n) is 4.52. The molecular formula is C12H13N3O2S2. The number of nitrogens with zero attached hydrogens (tertiary/aromatic N) is 2. The number of hydrazone groups is 1. The first-order valence-electron chi connectivity index (χ1n) is 5.91. The maximum atomic E-state index is 11.4. The number of hydrogen-bond donors (Lipinski definition) is 1. The molecule has 0 amide bonds. The van der Waals surface area contributed by atoms with Gasteiger partial charge in [-0.1, -0.05) is 42.1 Å². The van der Waals surface area contributed by atoms with Gasteiger partial charge in [-0.25, -0.2) is 8.42 Å². The van der Waals surface area contributed by atoms with E-state index in [4.69, 9.17) is 0 Å². The first kappa shape index (κ1) is 12.7. The molecule has 0 unspecified atom stereocenters. The molecule has 0 aliphatic carbocycles. The highest BCUT2D eigenvalue weighted by Crippen LogP contribution is 2.33. The van der Waals surface area contributed by atoms with Gasteiger partial charge in [0.2, 0.25) is 0 Å². The molecule has 5 nitrogen and oxygen atoms in total. The normalized spacial score (nSPS) is 28.3. The molecule has 7 heteroatoms. The summed E-state index contributed by atoms with van der Waals surface area (Å²) in [6.45, 7) is 0. The Morgan fingerprint density at radius 3 is 2.84 bits per heavy atom. The van der Waals surface area contributed by atoms with E-state index >= 15 is 0 Å². The Hall–Kier alpha value is -1.34. The van der Waals surface area contributed by atoms with Gasteiger partial charge in [0.1, 0.15) is 0 Å². The summed E-state index contributed by atoms with van der Waals surface area (Å²) in [7, 11) is -2.89. The minimum absolute atomic E-state index is 0.0550. The van der Waals surface area contributed by atoms with Crippen molar-refractivity contribution in [2.75, 3.05) is 11.5 Å². The molecule has 0 radical (unpaired) electrons. The predicted molar refractivity (Wildman–Crippen MR) is 78.4 cm³/mol. The molecular weight excluding hydrogens is 282 g/mol. The lowest BCUT2D eigenvalue weighted by atomic mass is 10.2. The number of aliphatic imine (C=N–C) groups is 1. The number of nitrogens with one attached hydrogen (secondary N) is 1. The van der Waals surface area contributed by atoms with Crippen LogP contribution in [0.25, 0.3) is 0 Å². The van der Waals surface area contributed by atoms with E-state index in [-0.39, 0.29) is 22.8 Å². The molecule has 3 rings (SSSR count). The third-order valence-corrected chi connectivity index (χ3v) is 6.12. The second-order valence-corrected chi connectivity index (χ2v) is 7.90. The molecule has 1 aromatic rings. The lowest BCUT2D eigenvalue weighted by Crippen LogP contribution is -2.15. The van der Waals surface area contributed by atoms with Crippen LogP contribution >= 0.6 is 11.8 Å². The van der Waals surface area contributed by atoms with E-state index in [1.165, 1.54) is 11.8 Å². The lowest BCUT2D eigenvalue weighted by Gasteiger charge is -2.01. The standard InChI is InChI=1S/C12H13N3O2S2/c16-19(17)7-10-11(8-19)18-12(14-10)15-13-6-9-4-2-1-3-5-9/h1-6,10-11H,7-8H2,(H,14,15)/b13-6+/t10-,11+/m0/s1. The smallest absolute Gasteiger partial charge is 0.177 e. The minimum atomic E-state index is -2.89. The summed E-state index contributed by atoms with van der Waals surface area (Å²) in [4.78, 5) is 4.35. The molecule has 1 saturated heterocycles. The van der Waals surface area contributed by atoms with Gasteiger partial charge >= 0.3 is 0 Å². The number of thioether (sulfide) groups is 1. The van der Waals surface area contributed by atoms with Crippen molar-refractivity contribution >= 4 is 33.0 Å². The fraction of sp³-hybridized carbons (Fsp3) is 0.333. The van der Waals surface area contributed by atoms with Gasteiger partial charge in [0.15, 0.2) is 15.0 Å². The lowest BCUT2D eigenvalue weighted by molar-refractivity contribution is 0.601. The molecule has 100 valence electrons. The quantitative estimate of drug-likeness (QED) is 0.649. The van der Waals surface area contributed by atoms with Crippen LogP contribution in [0, 0.1) is 0 Å². The monoisotopic (exact) mass is 295 g/mol. The maximum Gasteiger partial charge on any atom is 0.177 e. The largest absolute Gasteiger partial charge is 0.256 e. The zero-order valence-corrected chi connectivity index (χ0v) is 11.7. The Morgan fingerprint density at radius 2 is 2.11 bits per heavy atom. The van der Waals surface area contributed by atoms with E-state index in [1.807, 2.05) is 30.3 Å². The van der Waals surface area contributed by atoms with E-state index in [9.17, 15) is 8.42 Å². The second kappa shape index (κ2) is 4.97. The third kappa shape index (κ3) is 2.98. The highest BCUT2D eigenvalue weighted by molar-refractivity contribution is 8.15. The van der Waals surface area contributed by atoms with Crippen molar-refractivity contribution in [3.63, 3.8) is 0 Å². The molecule has 2 atom stereocenters. The molecule has 0 bridgehead atoms. The number of amidine groups is 1. The van der Waals surface area contributed by atoms with Crippen molar-refractivity contribution in [1.29, 1.82) is 0 Å². The van der Waals surface area contributed by atoms with Crippen LogP contribution in [0.4, 0.5) is 0 Å². The van der Waals surface area contributed by atoms with Gasteiger partial charge in [0.25, 0.3) is 0 Å². The highest BCUT2D eigenvalue weighted by Gasteiger charge is 2.42. The van der Waals surface area contributed by atoms with Gasteiger partial charge < -0.3 is 0 Å². The fourth-order valence-electron chi connectivity index (χ4n) is 2.11. The third-order valence-electron chi connectivity index (χ3n) is 2.99. The summed E-state index contributed by atoms with van der Waals surface area (Å²) in [5.41, 5.74) is 3.87. The summed E-state index contributed by atoms with van der Waals surface area (Å²) < 4.78 is 22.8. The Bertz CT molecular complexity index is 626. The van der Waals surface area contributed by atoms with E-state index in [0.29, 0.717) is 5.17 Å². The Labute approximate surface area is 116 Å². The number of rotatable bonds is 2. The van der Waals surface area contributed by atoms with Crippen LogP contribution in [0.1, 0.15) is 5.56 Å².